The average molecular weight is 432 g/mol. The molecule has 1 amide bonds. The van der Waals surface area contributed by atoms with Gasteiger partial charge in [-0.25, -0.2) is 4.98 Å². The summed E-state index contributed by atoms with van der Waals surface area (Å²) in [7, 11) is 0. The second kappa shape index (κ2) is 9.87. The van der Waals surface area contributed by atoms with Crippen LogP contribution in [0.3, 0.4) is 0 Å². The zero-order chi connectivity index (χ0) is 22.5. The molecular weight excluding hydrogens is 402 g/mol. The number of hydrogen-bond donors (Lipinski definition) is 2. The SMILES string of the molecule is CCC(CNC(=O)Cc1c(C)nc(-c2cccnc2)[nH]c1=O)N1CCc2ccccc2C1. The molecule has 1 aliphatic rings. The minimum Gasteiger partial charge on any atom is -0.354 e. The minimum atomic E-state index is -0.286. The number of carbonyl (C=O) groups is 1. The van der Waals surface area contributed by atoms with E-state index in [1.54, 1.807) is 25.4 Å². The Balaban J connectivity index is 1.38. The number of rotatable bonds is 7. The van der Waals surface area contributed by atoms with Gasteiger partial charge in [-0.05, 0) is 43.0 Å². The zero-order valence-electron chi connectivity index (χ0n) is 18.6. The Bertz CT molecular complexity index is 1140. The predicted molar refractivity (Wildman–Crippen MR) is 124 cm³/mol. The van der Waals surface area contributed by atoms with Crippen molar-refractivity contribution in [3.8, 4) is 11.4 Å². The highest BCUT2D eigenvalue weighted by Crippen LogP contribution is 2.21. The fraction of sp³-hybridized carbons (Fsp3) is 0.360. The fourth-order valence-corrected chi connectivity index (χ4v) is 4.27. The van der Waals surface area contributed by atoms with Crippen molar-refractivity contribution in [2.75, 3.05) is 13.1 Å². The molecule has 32 heavy (non-hydrogen) atoms. The van der Waals surface area contributed by atoms with E-state index in [9.17, 15) is 9.59 Å². The van der Waals surface area contributed by atoms with E-state index in [2.05, 4.69) is 56.4 Å². The van der Waals surface area contributed by atoms with E-state index >= 15 is 0 Å². The molecule has 4 rings (SSSR count). The van der Waals surface area contributed by atoms with Gasteiger partial charge in [0, 0.05) is 54.9 Å². The Labute approximate surface area is 187 Å². The molecule has 2 aromatic heterocycles. The first kappa shape index (κ1) is 21.9. The van der Waals surface area contributed by atoms with E-state index in [4.69, 9.17) is 0 Å². The van der Waals surface area contributed by atoms with Crippen LogP contribution in [-0.2, 0) is 24.2 Å². The van der Waals surface area contributed by atoms with Gasteiger partial charge < -0.3 is 10.3 Å². The smallest absolute Gasteiger partial charge is 0.255 e. The van der Waals surface area contributed by atoms with Gasteiger partial charge in [0.2, 0.25) is 5.91 Å². The number of fused-ring (bicyclic) bond motifs is 1. The predicted octanol–water partition coefficient (Wildman–Crippen LogP) is 2.64. The Kier molecular flexibility index (Phi) is 6.75. The molecule has 0 saturated carbocycles. The molecular formula is C25H29N5O2. The lowest BCUT2D eigenvalue weighted by atomic mass is 9.98. The molecule has 0 bridgehead atoms. The lowest BCUT2D eigenvalue weighted by Crippen LogP contribution is -2.46. The van der Waals surface area contributed by atoms with E-state index in [0.29, 0.717) is 23.6 Å². The standard InChI is InChI=1S/C25H29N5O2/c1-3-21(30-12-10-18-7-4-5-8-20(18)16-30)15-27-23(31)13-22-17(2)28-24(29-25(22)32)19-9-6-11-26-14-19/h4-9,11,14,21H,3,10,12-13,15-16H2,1-2H3,(H,27,31)(H,28,29,32). The van der Waals surface area contributed by atoms with E-state index in [-0.39, 0.29) is 23.9 Å². The maximum Gasteiger partial charge on any atom is 0.255 e. The molecule has 1 unspecified atom stereocenters. The van der Waals surface area contributed by atoms with Gasteiger partial charge in [0.1, 0.15) is 5.82 Å². The molecule has 0 saturated heterocycles. The van der Waals surface area contributed by atoms with Crippen molar-refractivity contribution in [3.63, 3.8) is 0 Å². The minimum absolute atomic E-state index is 0.0146. The highest BCUT2D eigenvalue weighted by atomic mass is 16.2. The third-order valence-electron chi connectivity index (χ3n) is 6.18. The number of hydrogen-bond acceptors (Lipinski definition) is 5. The van der Waals surface area contributed by atoms with Crippen LogP contribution in [-0.4, -0.2) is 44.9 Å². The summed E-state index contributed by atoms with van der Waals surface area (Å²) in [4.78, 5) is 39.0. The Morgan fingerprint density at radius 2 is 2.03 bits per heavy atom. The maximum absolute atomic E-state index is 12.7. The summed E-state index contributed by atoms with van der Waals surface area (Å²) < 4.78 is 0. The van der Waals surface area contributed by atoms with E-state index < -0.39 is 0 Å². The molecule has 166 valence electrons. The van der Waals surface area contributed by atoms with Crippen molar-refractivity contribution in [2.24, 2.45) is 0 Å². The Morgan fingerprint density at radius 1 is 1.22 bits per heavy atom. The van der Waals surface area contributed by atoms with Crippen LogP contribution in [0.2, 0.25) is 0 Å². The fourth-order valence-electron chi connectivity index (χ4n) is 4.27. The van der Waals surface area contributed by atoms with Crippen molar-refractivity contribution in [1.29, 1.82) is 0 Å². The molecule has 7 heteroatoms. The van der Waals surface area contributed by atoms with E-state index in [1.165, 1.54) is 11.1 Å². The number of H-pyrrole nitrogens is 1. The lowest BCUT2D eigenvalue weighted by molar-refractivity contribution is -0.120. The summed E-state index contributed by atoms with van der Waals surface area (Å²) >= 11 is 0. The second-order valence-electron chi connectivity index (χ2n) is 8.25. The molecule has 0 fully saturated rings. The van der Waals surface area contributed by atoms with Crippen LogP contribution in [0.25, 0.3) is 11.4 Å². The van der Waals surface area contributed by atoms with Gasteiger partial charge in [-0.1, -0.05) is 31.2 Å². The molecule has 1 aromatic carbocycles. The molecule has 3 heterocycles. The molecule has 1 atom stereocenters. The van der Waals surface area contributed by atoms with Gasteiger partial charge in [-0.3, -0.25) is 19.5 Å². The van der Waals surface area contributed by atoms with Crippen LogP contribution in [0, 0.1) is 6.92 Å². The maximum atomic E-state index is 12.7. The van der Waals surface area contributed by atoms with E-state index in [0.717, 1.165) is 31.5 Å². The molecule has 0 aliphatic carbocycles. The lowest BCUT2D eigenvalue weighted by Gasteiger charge is -2.35. The number of carbonyl (C=O) groups excluding carboxylic acids is 1. The van der Waals surface area contributed by atoms with Gasteiger partial charge >= 0.3 is 0 Å². The third kappa shape index (κ3) is 4.94. The largest absolute Gasteiger partial charge is 0.354 e. The van der Waals surface area contributed by atoms with Crippen LogP contribution >= 0.6 is 0 Å². The Morgan fingerprint density at radius 3 is 2.75 bits per heavy atom. The zero-order valence-corrected chi connectivity index (χ0v) is 18.6. The average Bonchev–Trinajstić information content (AvgIpc) is 2.82. The second-order valence-corrected chi connectivity index (χ2v) is 8.25. The van der Waals surface area contributed by atoms with Crippen LogP contribution in [0.5, 0.6) is 0 Å². The van der Waals surface area contributed by atoms with Crippen molar-refractivity contribution in [1.82, 2.24) is 25.2 Å². The van der Waals surface area contributed by atoms with Gasteiger partial charge in [-0.15, -0.1) is 0 Å². The molecule has 2 N–H and O–H groups in total. The molecule has 3 aromatic rings. The van der Waals surface area contributed by atoms with Gasteiger partial charge in [0.25, 0.3) is 5.56 Å². The number of benzene rings is 1. The van der Waals surface area contributed by atoms with Crippen LogP contribution < -0.4 is 10.9 Å². The van der Waals surface area contributed by atoms with Crippen molar-refractivity contribution < 1.29 is 4.79 Å². The normalized spacial score (nSPS) is 14.6. The first-order valence-electron chi connectivity index (χ1n) is 11.1. The third-order valence-corrected chi connectivity index (χ3v) is 6.18. The summed E-state index contributed by atoms with van der Waals surface area (Å²) in [5.74, 6) is 0.298. The van der Waals surface area contributed by atoms with E-state index in [1.807, 2.05) is 6.07 Å². The first-order chi connectivity index (χ1) is 15.5. The molecule has 1 aliphatic heterocycles. The topological polar surface area (TPSA) is 91.0 Å². The van der Waals surface area contributed by atoms with Gasteiger partial charge in [0.15, 0.2) is 0 Å². The van der Waals surface area contributed by atoms with Crippen molar-refractivity contribution in [3.05, 3.63) is 81.5 Å². The molecule has 7 nitrogen and oxygen atoms in total. The summed E-state index contributed by atoms with van der Waals surface area (Å²) in [6.07, 6.45) is 5.31. The van der Waals surface area contributed by atoms with Crippen molar-refractivity contribution in [2.45, 2.75) is 45.7 Å². The van der Waals surface area contributed by atoms with Crippen LogP contribution in [0.15, 0.2) is 53.6 Å². The summed E-state index contributed by atoms with van der Waals surface area (Å²) in [5.41, 5.74) is 4.19. The quantitative estimate of drug-likeness (QED) is 0.600. The van der Waals surface area contributed by atoms with Crippen molar-refractivity contribution >= 4 is 5.91 Å². The van der Waals surface area contributed by atoms with Crippen LogP contribution in [0.1, 0.15) is 35.7 Å². The number of aromatic amines is 1. The summed E-state index contributed by atoms with van der Waals surface area (Å²) in [6, 6.07) is 12.4. The first-order valence-corrected chi connectivity index (χ1v) is 11.1. The Hall–Kier alpha value is -3.32. The molecule has 0 spiro atoms. The number of pyridine rings is 1. The summed E-state index contributed by atoms with van der Waals surface area (Å²) in [5, 5.41) is 3.03. The molecule has 0 radical (unpaired) electrons. The number of aromatic nitrogens is 3. The van der Waals surface area contributed by atoms with Crippen LogP contribution in [0.4, 0.5) is 0 Å². The highest BCUT2D eigenvalue weighted by Gasteiger charge is 2.23. The number of aryl methyl sites for hydroxylation is 1. The number of amides is 1. The van der Waals surface area contributed by atoms with Gasteiger partial charge in [-0.2, -0.15) is 0 Å². The van der Waals surface area contributed by atoms with Gasteiger partial charge in [0.05, 0.1) is 6.42 Å². The summed E-state index contributed by atoms with van der Waals surface area (Å²) in [6.45, 7) is 6.37. The number of nitrogens with one attached hydrogen (secondary N) is 2. The highest BCUT2D eigenvalue weighted by molar-refractivity contribution is 5.78. The monoisotopic (exact) mass is 431 g/mol. The number of nitrogens with zero attached hydrogens (tertiary/aromatic N) is 3.